The zero-order valence-corrected chi connectivity index (χ0v) is 18.9. The van der Waals surface area contributed by atoms with Crippen molar-refractivity contribution in [3.05, 3.63) is 95.9 Å². The van der Waals surface area contributed by atoms with Gasteiger partial charge in [-0.15, -0.1) is 0 Å². The van der Waals surface area contributed by atoms with Gasteiger partial charge in [0.25, 0.3) is 5.91 Å². The number of carbonyl (C=O) groups is 2. The molecule has 0 unspecified atom stereocenters. The van der Waals surface area contributed by atoms with Crippen LogP contribution in [0.5, 0.6) is 0 Å². The van der Waals surface area contributed by atoms with Crippen molar-refractivity contribution < 1.29 is 27.5 Å². The molecule has 3 heterocycles. The summed E-state index contributed by atoms with van der Waals surface area (Å²) in [7, 11) is 0. The van der Waals surface area contributed by atoms with Crippen LogP contribution in [0.4, 0.5) is 24.5 Å². The molecule has 2 aliphatic heterocycles. The topological polar surface area (TPSA) is 71.5 Å². The summed E-state index contributed by atoms with van der Waals surface area (Å²) < 4.78 is 45.5. The Morgan fingerprint density at radius 2 is 1.97 bits per heavy atom. The summed E-state index contributed by atoms with van der Waals surface area (Å²) in [4.78, 5) is 31.5. The normalized spacial score (nSPS) is 16.4. The van der Waals surface area contributed by atoms with Gasteiger partial charge >= 0.3 is 6.18 Å². The number of benzene rings is 2. The van der Waals surface area contributed by atoms with E-state index in [-0.39, 0.29) is 18.8 Å². The van der Waals surface area contributed by atoms with Crippen molar-refractivity contribution in [2.45, 2.75) is 12.6 Å². The molecule has 0 aliphatic carbocycles. The van der Waals surface area contributed by atoms with E-state index in [1.54, 1.807) is 24.4 Å². The third-order valence-electron chi connectivity index (χ3n) is 5.98. The molecular formula is C27H20F3N3O3. The van der Waals surface area contributed by atoms with Crippen LogP contribution in [0.25, 0.3) is 16.5 Å². The standard InChI is InChI=1S/C27H20F3N3O3/c28-27(29,30)20-4-6-22-19(7-11-33(24(22)15-20)26(35)18-8-12-36-13-9-18)14-25(34)32-21-5-3-17-2-1-10-31-23(17)16-21/h1-6,8-10,12,14-16H,7,11,13H2,(H,32,34). The Kier molecular flexibility index (Phi) is 6.05. The predicted molar refractivity (Wildman–Crippen MR) is 130 cm³/mol. The summed E-state index contributed by atoms with van der Waals surface area (Å²) in [5.74, 6) is -0.858. The first-order valence-electron chi connectivity index (χ1n) is 11.2. The Morgan fingerprint density at radius 1 is 1.11 bits per heavy atom. The predicted octanol–water partition coefficient (Wildman–Crippen LogP) is 5.48. The number of aromatic nitrogens is 1. The lowest BCUT2D eigenvalue weighted by atomic mass is 9.93. The van der Waals surface area contributed by atoms with Crippen molar-refractivity contribution >= 4 is 39.7 Å². The lowest BCUT2D eigenvalue weighted by molar-refractivity contribution is -0.137. The second-order valence-electron chi connectivity index (χ2n) is 8.30. The van der Waals surface area contributed by atoms with Crippen LogP contribution in [0, 0.1) is 0 Å². The zero-order chi connectivity index (χ0) is 25.3. The molecule has 1 N–H and O–H groups in total. The van der Waals surface area contributed by atoms with Crippen LogP contribution >= 0.6 is 0 Å². The number of ether oxygens (including phenoxy) is 1. The second kappa shape index (κ2) is 9.33. The first kappa shape index (κ1) is 23.3. The van der Waals surface area contributed by atoms with Gasteiger partial charge in [-0.2, -0.15) is 13.2 Å². The molecule has 5 rings (SSSR count). The fourth-order valence-corrected chi connectivity index (χ4v) is 4.23. The van der Waals surface area contributed by atoms with Crippen LogP contribution in [-0.4, -0.2) is 29.9 Å². The van der Waals surface area contributed by atoms with Crippen LogP contribution in [0.3, 0.4) is 0 Å². The number of fused-ring (bicyclic) bond motifs is 2. The number of anilines is 2. The van der Waals surface area contributed by atoms with Crippen molar-refractivity contribution in [1.82, 2.24) is 4.98 Å². The molecule has 182 valence electrons. The second-order valence-corrected chi connectivity index (χ2v) is 8.30. The van der Waals surface area contributed by atoms with Gasteiger partial charge in [0, 0.05) is 41.0 Å². The Bertz CT molecular complexity index is 1460. The van der Waals surface area contributed by atoms with Crippen LogP contribution in [-0.2, 0) is 20.5 Å². The fourth-order valence-electron chi connectivity index (χ4n) is 4.23. The summed E-state index contributed by atoms with van der Waals surface area (Å²) in [6, 6.07) is 12.3. The maximum atomic E-state index is 13.5. The lowest BCUT2D eigenvalue weighted by Crippen LogP contribution is -2.36. The molecule has 0 spiro atoms. The summed E-state index contributed by atoms with van der Waals surface area (Å²) >= 11 is 0. The highest BCUT2D eigenvalue weighted by Gasteiger charge is 2.34. The first-order chi connectivity index (χ1) is 17.3. The molecule has 2 aliphatic rings. The van der Waals surface area contributed by atoms with Gasteiger partial charge in [-0.1, -0.05) is 18.2 Å². The maximum absolute atomic E-state index is 13.5. The molecule has 0 fully saturated rings. The molecule has 9 heteroatoms. The Hall–Kier alpha value is -4.40. The average molecular weight is 491 g/mol. The maximum Gasteiger partial charge on any atom is 0.416 e. The number of hydrogen-bond donors (Lipinski definition) is 1. The molecule has 3 aromatic rings. The molecule has 6 nitrogen and oxygen atoms in total. The van der Waals surface area contributed by atoms with E-state index in [1.165, 1.54) is 29.4 Å². The Labute approximate surface area is 204 Å². The van der Waals surface area contributed by atoms with Gasteiger partial charge in [0.2, 0.25) is 5.91 Å². The summed E-state index contributed by atoms with van der Waals surface area (Å²) in [5, 5.41) is 3.71. The van der Waals surface area contributed by atoms with E-state index in [0.717, 1.165) is 23.0 Å². The number of halogens is 3. The Morgan fingerprint density at radius 3 is 2.75 bits per heavy atom. The lowest BCUT2D eigenvalue weighted by Gasteiger charge is -2.32. The minimum atomic E-state index is -4.58. The highest BCUT2D eigenvalue weighted by atomic mass is 19.4. The van der Waals surface area contributed by atoms with Crippen molar-refractivity contribution in [3.8, 4) is 0 Å². The van der Waals surface area contributed by atoms with Crippen LogP contribution < -0.4 is 10.2 Å². The summed E-state index contributed by atoms with van der Waals surface area (Å²) in [6.07, 6.45) is 3.17. The number of hydrogen-bond acceptors (Lipinski definition) is 4. The third kappa shape index (κ3) is 4.72. The molecule has 36 heavy (non-hydrogen) atoms. The van der Waals surface area contributed by atoms with E-state index in [2.05, 4.69) is 10.3 Å². The van der Waals surface area contributed by atoms with Gasteiger partial charge in [-0.25, -0.2) is 0 Å². The highest BCUT2D eigenvalue weighted by Crippen LogP contribution is 2.40. The van der Waals surface area contributed by atoms with Crippen molar-refractivity contribution in [3.63, 3.8) is 0 Å². The van der Waals surface area contributed by atoms with E-state index >= 15 is 0 Å². The van der Waals surface area contributed by atoms with Crippen molar-refractivity contribution in [2.75, 3.05) is 23.4 Å². The Balaban J connectivity index is 1.47. The van der Waals surface area contributed by atoms with Gasteiger partial charge in [0.1, 0.15) is 6.61 Å². The summed E-state index contributed by atoms with van der Waals surface area (Å²) in [6.45, 7) is 0.328. The molecule has 0 radical (unpaired) electrons. The molecule has 0 saturated heterocycles. The van der Waals surface area contributed by atoms with E-state index in [9.17, 15) is 22.8 Å². The average Bonchev–Trinajstić information content (AvgIpc) is 2.88. The molecule has 0 bridgehead atoms. The fraction of sp³-hybridized carbons (Fsp3) is 0.148. The van der Waals surface area contributed by atoms with E-state index in [4.69, 9.17) is 4.74 Å². The van der Waals surface area contributed by atoms with E-state index in [1.807, 2.05) is 18.2 Å². The minimum Gasteiger partial charge on any atom is -0.497 e. The van der Waals surface area contributed by atoms with Crippen molar-refractivity contribution in [2.24, 2.45) is 0 Å². The van der Waals surface area contributed by atoms with Crippen LogP contribution in [0.1, 0.15) is 17.5 Å². The van der Waals surface area contributed by atoms with E-state index in [0.29, 0.717) is 28.8 Å². The van der Waals surface area contributed by atoms with Crippen molar-refractivity contribution in [1.29, 1.82) is 0 Å². The number of alkyl halides is 3. The number of pyridine rings is 1. The van der Waals surface area contributed by atoms with Crippen LogP contribution in [0.15, 0.2) is 84.8 Å². The quantitative estimate of drug-likeness (QED) is 0.493. The molecule has 0 saturated carbocycles. The highest BCUT2D eigenvalue weighted by molar-refractivity contribution is 6.11. The number of nitrogens with zero attached hydrogens (tertiary/aromatic N) is 2. The van der Waals surface area contributed by atoms with Gasteiger partial charge in [0.15, 0.2) is 0 Å². The minimum absolute atomic E-state index is 0.107. The van der Waals surface area contributed by atoms with Gasteiger partial charge < -0.3 is 15.0 Å². The molecule has 0 atom stereocenters. The largest absolute Gasteiger partial charge is 0.497 e. The smallest absolute Gasteiger partial charge is 0.416 e. The number of rotatable bonds is 3. The third-order valence-corrected chi connectivity index (χ3v) is 5.98. The SMILES string of the molecule is O=C(C=C1CCN(C(=O)C2=CCOC=C2)c2cc(C(F)(F)F)ccc21)Nc1ccc2cccnc2c1. The van der Waals surface area contributed by atoms with Crippen LogP contribution in [0.2, 0.25) is 0 Å². The number of nitrogens with one attached hydrogen (secondary N) is 1. The van der Waals surface area contributed by atoms with E-state index < -0.39 is 23.6 Å². The first-order valence-corrected chi connectivity index (χ1v) is 11.2. The summed E-state index contributed by atoms with van der Waals surface area (Å²) in [5.41, 5.74) is 1.77. The van der Waals surface area contributed by atoms with Gasteiger partial charge in [-0.3, -0.25) is 14.6 Å². The molecule has 2 amide bonds. The zero-order valence-electron chi connectivity index (χ0n) is 18.9. The number of amides is 2. The number of carbonyl (C=O) groups excluding carboxylic acids is 2. The molecule has 1 aromatic heterocycles. The molecular weight excluding hydrogens is 471 g/mol. The van der Waals surface area contributed by atoms with Gasteiger partial charge in [-0.05, 0) is 54.5 Å². The monoisotopic (exact) mass is 491 g/mol. The molecule has 2 aromatic carbocycles. The van der Waals surface area contributed by atoms with Gasteiger partial charge in [0.05, 0.1) is 23.0 Å².